The number of ether oxygens (including phenoxy) is 1. The van der Waals surface area contributed by atoms with Gasteiger partial charge in [0, 0.05) is 23.9 Å². The van der Waals surface area contributed by atoms with Crippen LogP contribution >= 0.6 is 11.6 Å². The Morgan fingerprint density at radius 3 is 2.95 bits per heavy atom. The van der Waals surface area contributed by atoms with Crippen molar-refractivity contribution in [1.29, 1.82) is 0 Å². The zero-order valence-electron chi connectivity index (χ0n) is 10.9. The highest BCUT2D eigenvalue weighted by Crippen LogP contribution is 2.20. The Balaban J connectivity index is 2.06. The van der Waals surface area contributed by atoms with Crippen molar-refractivity contribution in [3.05, 3.63) is 52.7 Å². The Bertz CT molecular complexity index is 632. The summed E-state index contributed by atoms with van der Waals surface area (Å²) in [4.78, 5) is 16.1. The van der Waals surface area contributed by atoms with Crippen molar-refractivity contribution >= 4 is 23.2 Å². The minimum atomic E-state index is -0.238. The van der Waals surface area contributed by atoms with Crippen LogP contribution in [0, 0.1) is 0 Å². The molecule has 0 aliphatic carbocycles. The molecule has 20 heavy (non-hydrogen) atoms. The molecular formula is C14H14ClN3O2. The highest BCUT2D eigenvalue weighted by atomic mass is 35.5. The number of carbonyl (C=O) groups is 1. The van der Waals surface area contributed by atoms with Crippen LogP contribution in [-0.4, -0.2) is 18.0 Å². The average Bonchev–Trinajstić information content (AvgIpc) is 2.47. The van der Waals surface area contributed by atoms with Gasteiger partial charge in [-0.15, -0.1) is 0 Å². The summed E-state index contributed by atoms with van der Waals surface area (Å²) in [5, 5.41) is 3.14. The van der Waals surface area contributed by atoms with Gasteiger partial charge in [0.05, 0.1) is 17.8 Å². The number of methoxy groups -OCH3 is 1. The van der Waals surface area contributed by atoms with Crippen molar-refractivity contribution < 1.29 is 9.53 Å². The van der Waals surface area contributed by atoms with E-state index in [9.17, 15) is 4.79 Å². The van der Waals surface area contributed by atoms with Crippen LogP contribution in [0.25, 0.3) is 0 Å². The van der Waals surface area contributed by atoms with E-state index in [1.165, 1.54) is 13.2 Å². The molecule has 0 saturated heterocycles. The van der Waals surface area contributed by atoms with E-state index in [-0.39, 0.29) is 5.91 Å². The quantitative estimate of drug-likeness (QED) is 0.847. The SMILES string of the molecule is COc1ncccc1CNC(=O)c1ccc(N)c(Cl)c1. The number of aromatic nitrogens is 1. The van der Waals surface area contributed by atoms with Crippen LogP contribution < -0.4 is 15.8 Å². The van der Waals surface area contributed by atoms with E-state index in [0.29, 0.717) is 28.7 Å². The molecule has 0 spiro atoms. The Kier molecular flexibility index (Phi) is 4.42. The van der Waals surface area contributed by atoms with Gasteiger partial charge in [-0.05, 0) is 24.3 Å². The maximum atomic E-state index is 12.0. The lowest BCUT2D eigenvalue weighted by Crippen LogP contribution is -2.23. The number of halogens is 1. The third-order valence-corrected chi connectivity index (χ3v) is 3.07. The molecule has 3 N–H and O–H groups in total. The highest BCUT2D eigenvalue weighted by molar-refractivity contribution is 6.33. The predicted molar refractivity (Wildman–Crippen MR) is 77.8 cm³/mol. The van der Waals surface area contributed by atoms with E-state index in [4.69, 9.17) is 22.1 Å². The fourth-order valence-corrected chi connectivity index (χ4v) is 1.87. The second-order valence-corrected chi connectivity index (χ2v) is 4.50. The number of hydrogen-bond acceptors (Lipinski definition) is 4. The van der Waals surface area contributed by atoms with Crippen LogP contribution in [0.1, 0.15) is 15.9 Å². The number of benzene rings is 1. The zero-order valence-corrected chi connectivity index (χ0v) is 11.6. The molecule has 0 fully saturated rings. The van der Waals surface area contributed by atoms with E-state index < -0.39 is 0 Å². The largest absolute Gasteiger partial charge is 0.481 e. The summed E-state index contributed by atoms with van der Waals surface area (Å²) >= 11 is 5.89. The Labute approximate surface area is 121 Å². The van der Waals surface area contributed by atoms with E-state index in [0.717, 1.165) is 5.56 Å². The zero-order chi connectivity index (χ0) is 14.5. The van der Waals surface area contributed by atoms with Gasteiger partial charge in [0.25, 0.3) is 5.91 Å². The maximum absolute atomic E-state index is 12.0. The molecule has 1 amide bonds. The number of anilines is 1. The number of nitrogens with two attached hydrogens (primary N) is 1. The molecule has 104 valence electrons. The second kappa shape index (κ2) is 6.25. The van der Waals surface area contributed by atoms with Gasteiger partial charge in [0.1, 0.15) is 0 Å². The standard InChI is InChI=1S/C14H14ClN3O2/c1-20-14-10(3-2-6-17-14)8-18-13(19)9-4-5-12(16)11(15)7-9/h2-7H,8,16H2,1H3,(H,18,19). The third kappa shape index (κ3) is 3.19. The van der Waals surface area contributed by atoms with Crippen LogP contribution in [0.5, 0.6) is 5.88 Å². The first-order valence-electron chi connectivity index (χ1n) is 5.93. The van der Waals surface area contributed by atoms with Crippen LogP contribution in [-0.2, 0) is 6.54 Å². The van der Waals surface area contributed by atoms with Crippen molar-refractivity contribution in [1.82, 2.24) is 10.3 Å². The molecule has 0 saturated carbocycles. The van der Waals surface area contributed by atoms with Crippen molar-refractivity contribution in [3.8, 4) is 5.88 Å². The van der Waals surface area contributed by atoms with Crippen molar-refractivity contribution in [2.24, 2.45) is 0 Å². The summed E-state index contributed by atoms with van der Waals surface area (Å²) < 4.78 is 5.12. The van der Waals surface area contributed by atoms with Crippen molar-refractivity contribution in [3.63, 3.8) is 0 Å². The van der Waals surface area contributed by atoms with Gasteiger partial charge in [0.2, 0.25) is 5.88 Å². The van der Waals surface area contributed by atoms with Crippen LogP contribution in [0.2, 0.25) is 5.02 Å². The van der Waals surface area contributed by atoms with Gasteiger partial charge in [0.15, 0.2) is 0 Å². The minimum absolute atomic E-state index is 0.238. The van der Waals surface area contributed by atoms with Gasteiger partial charge in [-0.1, -0.05) is 17.7 Å². The summed E-state index contributed by atoms with van der Waals surface area (Å²) in [6.07, 6.45) is 1.63. The minimum Gasteiger partial charge on any atom is -0.481 e. The fourth-order valence-electron chi connectivity index (χ4n) is 1.69. The van der Waals surface area contributed by atoms with Gasteiger partial charge >= 0.3 is 0 Å². The lowest BCUT2D eigenvalue weighted by atomic mass is 10.2. The number of nitrogen functional groups attached to an aromatic ring is 1. The smallest absolute Gasteiger partial charge is 0.251 e. The summed E-state index contributed by atoms with van der Waals surface area (Å²) in [7, 11) is 1.54. The monoisotopic (exact) mass is 291 g/mol. The first-order chi connectivity index (χ1) is 9.61. The average molecular weight is 292 g/mol. The van der Waals surface area contributed by atoms with Crippen molar-refractivity contribution in [2.45, 2.75) is 6.54 Å². The number of nitrogens with one attached hydrogen (secondary N) is 1. The molecule has 1 aromatic carbocycles. The third-order valence-electron chi connectivity index (χ3n) is 2.75. The van der Waals surface area contributed by atoms with Gasteiger partial charge in [-0.25, -0.2) is 4.98 Å². The van der Waals surface area contributed by atoms with E-state index in [1.54, 1.807) is 24.4 Å². The van der Waals surface area contributed by atoms with Gasteiger partial charge in [-0.3, -0.25) is 4.79 Å². The van der Waals surface area contributed by atoms with E-state index in [1.807, 2.05) is 6.07 Å². The number of nitrogens with zero attached hydrogens (tertiary/aromatic N) is 1. The molecule has 0 aliphatic rings. The van der Waals surface area contributed by atoms with Crippen LogP contribution in [0.3, 0.4) is 0 Å². The van der Waals surface area contributed by atoms with Crippen LogP contribution in [0.15, 0.2) is 36.5 Å². The van der Waals surface area contributed by atoms with Gasteiger partial charge in [-0.2, -0.15) is 0 Å². The van der Waals surface area contributed by atoms with Gasteiger partial charge < -0.3 is 15.8 Å². The summed E-state index contributed by atoms with van der Waals surface area (Å²) in [5.41, 5.74) is 7.29. The maximum Gasteiger partial charge on any atom is 0.251 e. The second-order valence-electron chi connectivity index (χ2n) is 4.09. The normalized spacial score (nSPS) is 10.1. The first kappa shape index (κ1) is 14.1. The number of pyridine rings is 1. The number of carbonyl (C=O) groups excluding carboxylic acids is 1. The Morgan fingerprint density at radius 2 is 2.25 bits per heavy atom. The predicted octanol–water partition coefficient (Wildman–Crippen LogP) is 2.26. The molecule has 0 atom stereocenters. The molecule has 0 unspecified atom stereocenters. The summed E-state index contributed by atoms with van der Waals surface area (Å²) in [6.45, 7) is 0.317. The topological polar surface area (TPSA) is 77.2 Å². The molecule has 2 rings (SSSR count). The molecule has 0 bridgehead atoms. The molecule has 1 aromatic heterocycles. The lowest BCUT2D eigenvalue weighted by molar-refractivity contribution is 0.0950. The van der Waals surface area contributed by atoms with Crippen LogP contribution in [0.4, 0.5) is 5.69 Å². The molecule has 0 aliphatic heterocycles. The highest BCUT2D eigenvalue weighted by Gasteiger charge is 2.09. The summed E-state index contributed by atoms with van der Waals surface area (Å²) in [6, 6.07) is 8.37. The first-order valence-corrected chi connectivity index (χ1v) is 6.30. The fraction of sp³-hybridized carbons (Fsp3) is 0.143. The Morgan fingerprint density at radius 1 is 1.45 bits per heavy atom. The van der Waals surface area contributed by atoms with E-state index in [2.05, 4.69) is 10.3 Å². The number of hydrogen-bond donors (Lipinski definition) is 2. The molecule has 0 radical (unpaired) electrons. The molecule has 5 nitrogen and oxygen atoms in total. The number of rotatable bonds is 4. The number of amides is 1. The molecule has 1 heterocycles. The van der Waals surface area contributed by atoms with E-state index >= 15 is 0 Å². The van der Waals surface area contributed by atoms with Crippen molar-refractivity contribution in [2.75, 3.05) is 12.8 Å². The molecule has 2 aromatic rings. The summed E-state index contributed by atoms with van der Waals surface area (Å²) in [5.74, 6) is 0.251. The molecular weight excluding hydrogens is 278 g/mol. The Hall–Kier alpha value is -2.27. The molecule has 6 heteroatoms. The lowest BCUT2D eigenvalue weighted by Gasteiger charge is -2.09.